The quantitative estimate of drug-likeness (QED) is 0.610. The van der Waals surface area contributed by atoms with Crippen LogP contribution in [0.5, 0.6) is 0 Å². The second-order valence-electron chi connectivity index (χ2n) is 3.22. The summed E-state index contributed by atoms with van der Waals surface area (Å²) in [7, 11) is 0. The third-order valence-electron chi connectivity index (χ3n) is 2.13. The van der Waals surface area contributed by atoms with Crippen molar-refractivity contribution < 1.29 is 0 Å². The van der Waals surface area contributed by atoms with E-state index in [1.807, 2.05) is 30.3 Å². The molecule has 0 spiro atoms. The van der Waals surface area contributed by atoms with E-state index in [9.17, 15) is 0 Å². The summed E-state index contributed by atoms with van der Waals surface area (Å²) in [5.74, 6) is 0.119. The molecule has 1 aromatic carbocycles. The predicted molar refractivity (Wildman–Crippen MR) is 78.7 cm³/mol. The summed E-state index contributed by atoms with van der Waals surface area (Å²) in [6.07, 6.45) is 1.99. The molecule has 2 aromatic rings. The van der Waals surface area contributed by atoms with Crippen LogP contribution in [0, 0.1) is 5.41 Å². The van der Waals surface area contributed by atoms with Gasteiger partial charge in [0, 0.05) is 10.1 Å². The number of rotatable bonds is 2. The number of hydrogen-bond acceptors (Lipinski definition) is 2. The third kappa shape index (κ3) is 2.36. The number of nitrogen functional groups attached to an aromatic ring is 1. The van der Waals surface area contributed by atoms with E-state index in [-0.39, 0.29) is 5.84 Å². The monoisotopic (exact) mass is 358 g/mol. The van der Waals surface area contributed by atoms with Crippen molar-refractivity contribution in [3.05, 3.63) is 38.1 Å². The molecule has 0 saturated carbocycles. The fourth-order valence-corrected chi connectivity index (χ4v) is 2.91. The molecule has 2 nitrogen and oxygen atoms in total. The van der Waals surface area contributed by atoms with Crippen molar-refractivity contribution >= 4 is 65.2 Å². The minimum absolute atomic E-state index is 0.119. The molecule has 3 N–H and O–H groups in total. The summed E-state index contributed by atoms with van der Waals surface area (Å²) in [5, 5.41) is 8.55. The van der Waals surface area contributed by atoms with Crippen LogP contribution in [0.1, 0.15) is 10.4 Å². The van der Waals surface area contributed by atoms with Gasteiger partial charge in [0.2, 0.25) is 0 Å². The minimum Gasteiger partial charge on any atom is -0.383 e. The Kier molecular flexibility index (Phi) is 3.47. The van der Waals surface area contributed by atoms with Gasteiger partial charge < -0.3 is 5.73 Å². The molecule has 0 saturated heterocycles. The van der Waals surface area contributed by atoms with Gasteiger partial charge >= 0.3 is 0 Å². The molecule has 0 aliphatic carbocycles. The molecule has 5 heteroatoms. The van der Waals surface area contributed by atoms with Crippen LogP contribution in [-0.4, -0.2) is 5.84 Å². The Morgan fingerprint density at radius 2 is 2.12 bits per heavy atom. The van der Waals surface area contributed by atoms with Gasteiger partial charge in [-0.15, -0.1) is 11.3 Å². The molecule has 0 aliphatic rings. The number of amidine groups is 1. The Labute approximate surface area is 114 Å². The van der Waals surface area contributed by atoms with Crippen molar-refractivity contribution in [3.8, 4) is 0 Å². The highest BCUT2D eigenvalue weighted by Crippen LogP contribution is 2.30. The smallest absolute Gasteiger partial charge is 0.133 e. The molecule has 1 aromatic heterocycles. The van der Waals surface area contributed by atoms with E-state index < -0.39 is 0 Å². The molecule has 0 radical (unpaired) electrons. The highest BCUT2D eigenvalue weighted by molar-refractivity contribution is 9.28. The van der Waals surface area contributed by atoms with Crippen molar-refractivity contribution in [2.24, 2.45) is 5.73 Å². The average molecular weight is 360 g/mol. The Morgan fingerprint density at radius 3 is 2.75 bits per heavy atom. The predicted octanol–water partition coefficient (Wildman–Crippen LogP) is 4.27. The molecule has 0 atom stereocenters. The molecule has 0 unspecified atom stereocenters. The second kappa shape index (κ2) is 4.69. The molecular weight excluding hydrogens is 352 g/mol. The van der Waals surface area contributed by atoms with E-state index in [1.54, 1.807) is 0 Å². The standard InChI is InChI=1S/C11H8Br2N2S/c12-10(13)4-6-2-1-3-8-7(6)5-9(16-8)11(14)15/h1-5H,(H3,14,15). The van der Waals surface area contributed by atoms with Gasteiger partial charge in [0.1, 0.15) is 5.84 Å². The van der Waals surface area contributed by atoms with E-state index in [4.69, 9.17) is 11.1 Å². The van der Waals surface area contributed by atoms with Crippen molar-refractivity contribution in [1.29, 1.82) is 5.41 Å². The lowest BCUT2D eigenvalue weighted by molar-refractivity contribution is 1.46. The van der Waals surface area contributed by atoms with Crippen LogP contribution in [0.15, 0.2) is 27.7 Å². The van der Waals surface area contributed by atoms with Gasteiger partial charge in [-0.1, -0.05) is 12.1 Å². The highest BCUT2D eigenvalue weighted by Gasteiger charge is 2.06. The van der Waals surface area contributed by atoms with Crippen molar-refractivity contribution in [2.75, 3.05) is 0 Å². The number of fused-ring (bicyclic) bond motifs is 1. The van der Waals surface area contributed by atoms with Crippen LogP contribution < -0.4 is 5.73 Å². The third-order valence-corrected chi connectivity index (χ3v) is 3.72. The van der Waals surface area contributed by atoms with Gasteiger partial charge in [0.05, 0.1) is 8.27 Å². The number of nitrogens with two attached hydrogens (primary N) is 1. The second-order valence-corrected chi connectivity index (χ2v) is 7.07. The minimum atomic E-state index is 0.119. The molecule has 0 aliphatic heterocycles. The lowest BCUT2D eigenvalue weighted by Gasteiger charge is -1.95. The van der Waals surface area contributed by atoms with Gasteiger partial charge in [-0.25, -0.2) is 0 Å². The molecular formula is C11H8Br2N2S. The van der Waals surface area contributed by atoms with E-state index in [2.05, 4.69) is 31.9 Å². The Morgan fingerprint density at radius 1 is 1.38 bits per heavy atom. The zero-order valence-electron chi connectivity index (χ0n) is 8.13. The summed E-state index contributed by atoms with van der Waals surface area (Å²) in [5.41, 5.74) is 6.59. The zero-order valence-corrected chi connectivity index (χ0v) is 12.1. The maximum atomic E-state index is 7.43. The van der Waals surface area contributed by atoms with Crippen molar-refractivity contribution in [2.45, 2.75) is 0 Å². The first kappa shape index (κ1) is 11.8. The molecule has 2 rings (SSSR count). The van der Waals surface area contributed by atoms with E-state index >= 15 is 0 Å². The number of hydrogen-bond donors (Lipinski definition) is 2. The summed E-state index contributed by atoms with van der Waals surface area (Å²) in [6.45, 7) is 0. The van der Waals surface area contributed by atoms with Crippen LogP contribution in [0.4, 0.5) is 0 Å². The maximum absolute atomic E-state index is 7.43. The normalized spacial score (nSPS) is 10.4. The molecule has 16 heavy (non-hydrogen) atoms. The van der Waals surface area contributed by atoms with Gasteiger partial charge in [0.15, 0.2) is 0 Å². The summed E-state index contributed by atoms with van der Waals surface area (Å²) < 4.78 is 2.03. The molecule has 0 amide bonds. The topological polar surface area (TPSA) is 49.9 Å². The van der Waals surface area contributed by atoms with E-state index in [0.29, 0.717) is 0 Å². The van der Waals surface area contributed by atoms with Gasteiger partial charge in [-0.2, -0.15) is 0 Å². The molecule has 1 heterocycles. The van der Waals surface area contributed by atoms with Gasteiger partial charge in [0.25, 0.3) is 0 Å². The van der Waals surface area contributed by atoms with Crippen molar-refractivity contribution in [1.82, 2.24) is 0 Å². The lowest BCUT2D eigenvalue weighted by Crippen LogP contribution is -2.08. The van der Waals surface area contributed by atoms with Crippen LogP contribution in [0.3, 0.4) is 0 Å². The summed E-state index contributed by atoms with van der Waals surface area (Å²) in [4.78, 5) is 0.807. The SMILES string of the molecule is N=C(N)c1cc2c(C=C(Br)Br)cccc2s1. The van der Waals surface area contributed by atoms with Crippen LogP contribution in [0.2, 0.25) is 0 Å². The summed E-state index contributed by atoms with van der Waals surface area (Å²) in [6, 6.07) is 8.02. The first-order chi connectivity index (χ1) is 7.58. The van der Waals surface area contributed by atoms with Gasteiger partial charge in [-0.05, 0) is 55.6 Å². The van der Waals surface area contributed by atoms with Crippen LogP contribution in [0.25, 0.3) is 16.2 Å². The first-order valence-corrected chi connectivity index (χ1v) is 6.88. The Bertz CT molecular complexity index is 583. The fourth-order valence-electron chi connectivity index (χ4n) is 1.46. The Balaban J connectivity index is 2.67. The summed E-state index contributed by atoms with van der Waals surface area (Å²) >= 11 is 8.23. The number of thiophene rings is 1. The number of nitrogens with one attached hydrogen (secondary N) is 1. The van der Waals surface area contributed by atoms with Crippen LogP contribution >= 0.6 is 43.2 Å². The van der Waals surface area contributed by atoms with Crippen LogP contribution in [-0.2, 0) is 0 Å². The average Bonchev–Trinajstić information content (AvgIpc) is 2.61. The molecule has 0 fully saturated rings. The largest absolute Gasteiger partial charge is 0.383 e. The van der Waals surface area contributed by atoms with E-state index in [0.717, 1.165) is 23.9 Å². The fraction of sp³-hybridized carbons (Fsp3) is 0. The molecule has 0 bridgehead atoms. The Hall–Kier alpha value is -0.650. The van der Waals surface area contributed by atoms with Crippen molar-refractivity contribution in [3.63, 3.8) is 0 Å². The van der Waals surface area contributed by atoms with E-state index in [1.165, 1.54) is 11.3 Å². The van der Waals surface area contributed by atoms with Gasteiger partial charge in [-0.3, -0.25) is 5.41 Å². The maximum Gasteiger partial charge on any atom is 0.133 e. The number of halogens is 2. The first-order valence-electron chi connectivity index (χ1n) is 4.47. The number of benzene rings is 1. The lowest BCUT2D eigenvalue weighted by atomic mass is 10.1. The molecule has 82 valence electrons. The zero-order chi connectivity index (χ0) is 11.7. The highest BCUT2D eigenvalue weighted by atomic mass is 79.9.